The van der Waals surface area contributed by atoms with Gasteiger partial charge in [0.05, 0.1) is 11.4 Å². The summed E-state index contributed by atoms with van der Waals surface area (Å²) >= 11 is 0. The molecule has 2 N–H and O–H groups in total. The molecule has 0 saturated heterocycles. The van der Waals surface area contributed by atoms with E-state index in [0.29, 0.717) is 5.92 Å². The van der Waals surface area contributed by atoms with E-state index in [-0.39, 0.29) is 6.04 Å². The van der Waals surface area contributed by atoms with Crippen molar-refractivity contribution in [1.82, 2.24) is 29.7 Å². The highest BCUT2D eigenvalue weighted by atomic mass is 15.3. The van der Waals surface area contributed by atoms with Gasteiger partial charge in [-0.2, -0.15) is 0 Å². The minimum Gasteiger partial charge on any atom is -0.359 e. The van der Waals surface area contributed by atoms with E-state index in [1.54, 1.807) is 12.7 Å². The van der Waals surface area contributed by atoms with Gasteiger partial charge in [-0.15, -0.1) is 10.2 Å². The van der Waals surface area contributed by atoms with Gasteiger partial charge in [-0.3, -0.25) is 0 Å². The second kappa shape index (κ2) is 4.92. The molecule has 7 heteroatoms. The van der Waals surface area contributed by atoms with Gasteiger partial charge in [0.1, 0.15) is 24.1 Å². The second-order valence-corrected chi connectivity index (χ2v) is 5.13. The highest BCUT2D eigenvalue weighted by molar-refractivity contribution is 5.86. The largest absolute Gasteiger partial charge is 0.359 e. The lowest BCUT2D eigenvalue weighted by atomic mass is 10.0. The van der Waals surface area contributed by atoms with E-state index >= 15 is 0 Å². The molecule has 20 heavy (non-hydrogen) atoms. The highest BCUT2D eigenvalue weighted by Crippen LogP contribution is 2.27. The lowest BCUT2D eigenvalue weighted by Crippen LogP contribution is -2.21. The van der Waals surface area contributed by atoms with E-state index in [0.717, 1.165) is 22.7 Å². The highest BCUT2D eigenvalue weighted by Gasteiger charge is 2.22. The van der Waals surface area contributed by atoms with Crippen LogP contribution in [-0.4, -0.2) is 29.7 Å². The molecular formula is C13H17N7. The van der Waals surface area contributed by atoms with Crippen LogP contribution in [0.15, 0.2) is 24.9 Å². The van der Waals surface area contributed by atoms with Crippen molar-refractivity contribution in [1.29, 1.82) is 0 Å². The number of H-pyrrole nitrogens is 1. The zero-order chi connectivity index (χ0) is 14.1. The smallest absolute Gasteiger partial charge is 0.155 e. The van der Waals surface area contributed by atoms with Gasteiger partial charge in [0.2, 0.25) is 0 Å². The Kier molecular flexibility index (Phi) is 3.09. The summed E-state index contributed by atoms with van der Waals surface area (Å²) in [5, 5.41) is 12.6. The van der Waals surface area contributed by atoms with Gasteiger partial charge >= 0.3 is 0 Å². The van der Waals surface area contributed by atoms with Crippen LogP contribution in [0.1, 0.15) is 25.7 Å². The summed E-state index contributed by atoms with van der Waals surface area (Å²) in [6, 6.07) is 2.00. The predicted octanol–water partition coefficient (Wildman–Crippen LogP) is 1.90. The van der Waals surface area contributed by atoms with Crippen LogP contribution in [-0.2, 0) is 7.05 Å². The number of aromatic nitrogens is 6. The minimum atomic E-state index is 0.0375. The van der Waals surface area contributed by atoms with Gasteiger partial charge in [0, 0.05) is 13.2 Å². The van der Waals surface area contributed by atoms with Gasteiger partial charge < -0.3 is 14.9 Å². The van der Waals surface area contributed by atoms with Gasteiger partial charge in [-0.05, 0) is 12.0 Å². The fraction of sp³-hybridized carbons (Fsp3) is 0.385. The first-order chi connectivity index (χ1) is 9.66. The Hall–Kier alpha value is -2.44. The fourth-order valence-electron chi connectivity index (χ4n) is 2.24. The molecule has 0 unspecified atom stereocenters. The molecule has 0 aromatic carbocycles. The summed E-state index contributed by atoms with van der Waals surface area (Å²) in [5.41, 5.74) is 0.822. The molecule has 0 saturated carbocycles. The van der Waals surface area contributed by atoms with Crippen LogP contribution in [0.3, 0.4) is 0 Å². The number of aryl methyl sites for hydroxylation is 1. The average molecular weight is 271 g/mol. The topological polar surface area (TPSA) is 84.3 Å². The maximum Gasteiger partial charge on any atom is 0.155 e. The molecule has 0 spiro atoms. The summed E-state index contributed by atoms with van der Waals surface area (Å²) in [6.45, 7) is 4.28. The van der Waals surface area contributed by atoms with E-state index in [4.69, 9.17) is 0 Å². The van der Waals surface area contributed by atoms with Crippen molar-refractivity contribution in [2.24, 2.45) is 13.0 Å². The van der Waals surface area contributed by atoms with Crippen LogP contribution in [0.4, 0.5) is 5.82 Å². The van der Waals surface area contributed by atoms with E-state index in [2.05, 4.69) is 44.3 Å². The van der Waals surface area contributed by atoms with Crippen LogP contribution in [0.5, 0.6) is 0 Å². The lowest BCUT2D eigenvalue weighted by molar-refractivity contribution is 0.505. The van der Waals surface area contributed by atoms with E-state index in [1.807, 2.05) is 23.9 Å². The lowest BCUT2D eigenvalue weighted by Gasteiger charge is -2.22. The van der Waals surface area contributed by atoms with Crippen molar-refractivity contribution in [3.05, 3.63) is 30.7 Å². The third kappa shape index (κ3) is 2.11. The summed E-state index contributed by atoms with van der Waals surface area (Å²) < 4.78 is 1.92. The first-order valence-corrected chi connectivity index (χ1v) is 6.55. The van der Waals surface area contributed by atoms with Gasteiger partial charge in [-0.25, -0.2) is 9.97 Å². The number of nitrogens with one attached hydrogen (secondary N) is 2. The molecule has 3 rings (SSSR count). The third-order valence-corrected chi connectivity index (χ3v) is 3.34. The Morgan fingerprint density at radius 3 is 2.85 bits per heavy atom. The molecule has 0 aliphatic carbocycles. The van der Waals surface area contributed by atoms with E-state index in [9.17, 15) is 0 Å². The molecule has 3 aromatic rings. The summed E-state index contributed by atoms with van der Waals surface area (Å²) in [6.07, 6.45) is 5.12. The number of hydrogen-bond acceptors (Lipinski definition) is 5. The first kappa shape index (κ1) is 12.6. The summed E-state index contributed by atoms with van der Waals surface area (Å²) in [5.74, 6) is 2.04. The number of fused-ring (bicyclic) bond motifs is 1. The van der Waals surface area contributed by atoms with E-state index < -0.39 is 0 Å². The Balaban J connectivity index is 1.99. The van der Waals surface area contributed by atoms with Crippen molar-refractivity contribution in [2.75, 3.05) is 5.32 Å². The molecule has 0 amide bonds. The summed E-state index contributed by atoms with van der Waals surface area (Å²) in [7, 11) is 1.94. The van der Waals surface area contributed by atoms with Crippen molar-refractivity contribution >= 4 is 16.9 Å². The molecule has 3 heterocycles. The van der Waals surface area contributed by atoms with E-state index in [1.165, 1.54) is 0 Å². The Morgan fingerprint density at radius 2 is 2.15 bits per heavy atom. The monoisotopic (exact) mass is 271 g/mol. The van der Waals surface area contributed by atoms with Crippen LogP contribution in [0.25, 0.3) is 11.0 Å². The average Bonchev–Trinajstić information content (AvgIpc) is 3.04. The number of aromatic amines is 1. The molecule has 0 radical (unpaired) electrons. The number of rotatable bonds is 4. The molecule has 7 nitrogen and oxygen atoms in total. The Labute approximate surface area is 116 Å². The zero-order valence-corrected chi connectivity index (χ0v) is 11.7. The van der Waals surface area contributed by atoms with Gasteiger partial charge in [0.15, 0.2) is 5.82 Å². The standard InChI is InChI=1S/C13H17N7/c1-8(2)10(13-19-17-7-20(13)3)18-12-9-4-5-14-11(9)15-6-16-12/h4-8,10H,1-3H3,(H2,14,15,16,18)/t10-/m1/s1. The quantitative estimate of drug-likeness (QED) is 0.757. The first-order valence-electron chi connectivity index (χ1n) is 6.55. The molecular weight excluding hydrogens is 254 g/mol. The molecule has 104 valence electrons. The number of anilines is 1. The van der Waals surface area contributed by atoms with Crippen LogP contribution < -0.4 is 5.32 Å². The molecule has 3 aromatic heterocycles. The summed E-state index contributed by atoms with van der Waals surface area (Å²) in [4.78, 5) is 11.6. The fourth-order valence-corrected chi connectivity index (χ4v) is 2.24. The SMILES string of the molecule is CC(C)[C@@H](Nc1ncnc2[nH]ccc12)c1nncn1C. The molecule has 0 bridgehead atoms. The molecule has 0 fully saturated rings. The molecule has 1 atom stereocenters. The maximum absolute atomic E-state index is 4.34. The van der Waals surface area contributed by atoms with Crippen molar-refractivity contribution < 1.29 is 0 Å². The van der Waals surface area contributed by atoms with Gasteiger partial charge in [-0.1, -0.05) is 13.8 Å². The Bertz CT molecular complexity index is 712. The predicted molar refractivity (Wildman–Crippen MR) is 76.1 cm³/mol. The molecule has 0 aliphatic rings. The van der Waals surface area contributed by atoms with Crippen molar-refractivity contribution in [3.8, 4) is 0 Å². The molecule has 0 aliphatic heterocycles. The Morgan fingerprint density at radius 1 is 1.30 bits per heavy atom. The van der Waals surface area contributed by atoms with Crippen LogP contribution >= 0.6 is 0 Å². The normalized spacial score (nSPS) is 13.0. The minimum absolute atomic E-state index is 0.0375. The van der Waals surface area contributed by atoms with Gasteiger partial charge in [0.25, 0.3) is 0 Å². The number of hydrogen-bond donors (Lipinski definition) is 2. The zero-order valence-electron chi connectivity index (χ0n) is 11.7. The van der Waals surface area contributed by atoms with Crippen molar-refractivity contribution in [2.45, 2.75) is 19.9 Å². The van der Waals surface area contributed by atoms with Crippen molar-refractivity contribution in [3.63, 3.8) is 0 Å². The third-order valence-electron chi connectivity index (χ3n) is 3.34. The van der Waals surface area contributed by atoms with Crippen LogP contribution in [0, 0.1) is 5.92 Å². The maximum atomic E-state index is 4.34. The second-order valence-electron chi connectivity index (χ2n) is 5.13. The van der Waals surface area contributed by atoms with Crippen LogP contribution in [0.2, 0.25) is 0 Å². The number of nitrogens with zero attached hydrogens (tertiary/aromatic N) is 5.